The molecule has 0 atom stereocenters. The first-order valence-electron chi connectivity index (χ1n) is 10.3. The van der Waals surface area contributed by atoms with E-state index in [1.807, 2.05) is 6.92 Å². The Balaban J connectivity index is 1.58. The van der Waals surface area contributed by atoms with Crippen LogP contribution in [0.25, 0.3) is 22.8 Å². The number of aromatic nitrogens is 4. The van der Waals surface area contributed by atoms with E-state index < -0.39 is 15.1 Å². The molecule has 0 saturated carbocycles. The quantitative estimate of drug-likeness (QED) is 0.593. The summed E-state index contributed by atoms with van der Waals surface area (Å²) in [6.07, 6.45) is 3.64. The number of hydrogen-bond acceptors (Lipinski definition) is 9. The van der Waals surface area contributed by atoms with Gasteiger partial charge >= 0.3 is 6.01 Å². The van der Waals surface area contributed by atoms with Gasteiger partial charge in [0.05, 0.1) is 27.7 Å². The number of aryl methyl sites for hydroxylation is 1. The zero-order valence-corrected chi connectivity index (χ0v) is 18.6. The number of hydrogen-bond donors (Lipinski definition) is 2. The summed E-state index contributed by atoms with van der Waals surface area (Å²) in [5.74, 6) is 0.294. The van der Waals surface area contributed by atoms with Gasteiger partial charge in [0.2, 0.25) is 0 Å². The summed E-state index contributed by atoms with van der Waals surface area (Å²) >= 11 is 0. The largest absolute Gasteiger partial charge is 0.402 e. The van der Waals surface area contributed by atoms with Crippen LogP contribution in [0.4, 0.5) is 6.01 Å². The third-order valence-corrected chi connectivity index (χ3v) is 7.52. The molecule has 0 aliphatic carbocycles. The molecule has 1 aromatic carbocycles. The SMILES string of the molecule is Cc1ncc(-c2ccc(S(=O)(=O)C(C)C)cc2)nc1-c1nnc(NC2CCNCC2)o1. The van der Waals surface area contributed by atoms with Crippen LogP contribution in [-0.4, -0.2) is 53.0 Å². The minimum absolute atomic E-state index is 0.289. The topological polar surface area (TPSA) is 123 Å². The average Bonchev–Trinajstić information content (AvgIpc) is 3.23. The first kappa shape index (κ1) is 21.4. The van der Waals surface area contributed by atoms with E-state index >= 15 is 0 Å². The van der Waals surface area contributed by atoms with Gasteiger partial charge in [0, 0.05) is 11.6 Å². The van der Waals surface area contributed by atoms with Gasteiger partial charge < -0.3 is 15.1 Å². The summed E-state index contributed by atoms with van der Waals surface area (Å²) < 4.78 is 30.5. The van der Waals surface area contributed by atoms with Crippen LogP contribution in [0.1, 0.15) is 32.4 Å². The van der Waals surface area contributed by atoms with E-state index in [0.717, 1.165) is 31.5 Å². The zero-order valence-electron chi connectivity index (χ0n) is 17.8. The van der Waals surface area contributed by atoms with Crippen molar-refractivity contribution in [3.05, 3.63) is 36.2 Å². The highest BCUT2D eigenvalue weighted by Gasteiger charge is 2.20. The molecule has 31 heavy (non-hydrogen) atoms. The van der Waals surface area contributed by atoms with Crippen LogP contribution < -0.4 is 10.6 Å². The van der Waals surface area contributed by atoms with E-state index in [1.165, 1.54) is 0 Å². The molecule has 1 aliphatic rings. The van der Waals surface area contributed by atoms with Crippen molar-refractivity contribution in [3.63, 3.8) is 0 Å². The maximum atomic E-state index is 12.3. The second kappa shape index (κ2) is 8.72. The number of benzene rings is 1. The Morgan fingerprint density at radius 1 is 1.13 bits per heavy atom. The minimum atomic E-state index is -3.32. The first-order valence-corrected chi connectivity index (χ1v) is 11.9. The van der Waals surface area contributed by atoms with Crippen molar-refractivity contribution in [1.29, 1.82) is 0 Å². The molecule has 0 unspecified atom stereocenters. The fraction of sp³-hybridized carbons (Fsp3) is 0.429. The molecule has 1 saturated heterocycles. The third kappa shape index (κ3) is 4.59. The molecular weight excluding hydrogens is 416 g/mol. The molecule has 4 rings (SSSR count). The highest BCUT2D eigenvalue weighted by atomic mass is 32.2. The Bertz CT molecular complexity index is 1150. The predicted molar refractivity (Wildman–Crippen MR) is 117 cm³/mol. The second-order valence-corrected chi connectivity index (χ2v) is 10.4. The third-order valence-electron chi connectivity index (χ3n) is 5.35. The molecule has 9 nitrogen and oxygen atoms in total. The zero-order chi connectivity index (χ0) is 22.0. The Morgan fingerprint density at radius 3 is 2.52 bits per heavy atom. The number of anilines is 1. The summed E-state index contributed by atoms with van der Waals surface area (Å²) in [7, 11) is -3.32. The lowest BCUT2D eigenvalue weighted by Crippen LogP contribution is -2.35. The van der Waals surface area contributed by atoms with E-state index in [1.54, 1.807) is 44.3 Å². The van der Waals surface area contributed by atoms with Gasteiger partial charge in [-0.2, -0.15) is 0 Å². The average molecular weight is 443 g/mol. The van der Waals surface area contributed by atoms with Crippen molar-refractivity contribution in [2.45, 2.75) is 49.8 Å². The fourth-order valence-electron chi connectivity index (χ4n) is 3.40. The second-order valence-electron chi connectivity index (χ2n) is 7.89. The van der Waals surface area contributed by atoms with Crippen molar-refractivity contribution in [2.24, 2.45) is 0 Å². The molecule has 0 bridgehead atoms. The van der Waals surface area contributed by atoms with Crippen molar-refractivity contribution < 1.29 is 12.8 Å². The molecule has 10 heteroatoms. The van der Waals surface area contributed by atoms with Gasteiger partial charge in [-0.3, -0.25) is 4.98 Å². The van der Waals surface area contributed by atoms with Gasteiger partial charge in [-0.25, -0.2) is 13.4 Å². The molecule has 0 amide bonds. The standard InChI is InChI=1S/C21H26N6O3S/c1-13(2)31(28,29)17-6-4-15(5-7-17)18-12-23-14(3)19(25-18)20-26-27-21(30-20)24-16-8-10-22-11-9-16/h4-7,12-13,16,22H,8-11H2,1-3H3,(H,24,27). The van der Waals surface area contributed by atoms with E-state index in [2.05, 4.69) is 30.8 Å². The van der Waals surface area contributed by atoms with Crippen LogP contribution in [0, 0.1) is 6.92 Å². The molecule has 0 spiro atoms. The maximum Gasteiger partial charge on any atom is 0.316 e. The van der Waals surface area contributed by atoms with Crippen LogP contribution in [-0.2, 0) is 9.84 Å². The molecule has 164 valence electrons. The summed E-state index contributed by atoms with van der Waals surface area (Å²) in [6, 6.07) is 7.33. The molecule has 1 aliphatic heterocycles. The van der Waals surface area contributed by atoms with Crippen LogP contribution in [0.3, 0.4) is 0 Å². The fourth-order valence-corrected chi connectivity index (χ4v) is 4.46. The number of sulfone groups is 1. The number of nitrogens with one attached hydrogen (secondary N) is 2. The van der Waals surface area contributed by atoms with Crippen LogP contribution in [0.5, 0.6) is 0 Å². The van der Waals surface area contributed by atoms with Gasteiger partial charge in [-0.05, 0) is 58.8 Å². The lowest BCUT2D eigenvalue weighted by Gasteiger charge is -2.22. The molecule has 3 aromatic rings. The molecule has 1 fully saturated rings. The lowest BCUT2D eigenvalue weighted by atomic mass is 10.1. The van der Waals surface area contributed by atoms with Crippen molar-refractivity contribution in [3.8, 4) is 22.8 Å². The maximum absolute atomic E-state index is 12.3. The minimum Gasteiger partial charge on any atom is -0.402 e. The van der Waals surface area contributed by atoms with Gasteiger partial charge in [-0.15, -0.1) is 5.10 Å². The highest BCUT2D eigenvalue weighted by Crippen LogP contribution is 2.26. The summed E-state index contributed by atoms with van der Waals surface area (Å²) in [5.41, 5.74) is 2.52. The molecular formula is C21H26N6O3S. The van der Waals surface area contributed by atoms with E-state index in [4.69, 9.17) is 4.42 Å². The smallest absolute Gasteiger partial charge is 0.316 e. The normalized spacial score (nSPS) is 15.4. The van der Waals surface area contributed by atoms with Crippen LogP contribution >= 0.6 is 0 Å². The Kier molecular flexibility index (Phi) is 6.01. The highest BCUT2D eigenvalue weighted by molar-refractivity contribution is 7.92. The van der Waals surface area contributed by atoms with Crippen molar-refractivity contribution in [1.82, 2.24) is 25.5 Å². The molecule has 2 N–H and O–H groups in total. The summed E-state index contributed by atoms with van der Waals surface area (Å²) in [5, 5.41) is 14.4. The predicted octanol–water partition coefficient (Wildman–Crippen LogP) is 2.85. The molecule has 3 heterocycles. The van der Waals surface area contributed by atoms with E-state index in [9.17, 15) is 8.42 Å². The Hall–Kier alpha value is -2.85. The van der Waals surface area contributed by atoms with Gasteiger partial charge in [-0.1, -0.05) is 17.2 Å². The molecule has 0 radical (unpaired) electrons. The van der Waals surface area contributed by atoms with E-state index in [0.29, 0.717) is 35.0 Å². The summed E-state index contributed by atoms with van der Waals surface area (Å²) in [4.78, 5) is 9.36. The Labute approximate surface area is 181 Å². The van der Waals surface area contributed by atoms with Crippen LogP contribution in [0.2, 0.25) is 0 Å². The first-order chi connectivity index (χ1) is 14.8. The van der Waals surface area contributed by atoms with Gasteiger partial charge in [0.25, 0.3) is 5.89 Å². The van der Waals surface area contributed by atoms with Crippen molar-refractivity contribution in [2.75, 3.05) is 18.4 Å². The van der Waals surface area contributed by atoms with Gasteiger partial charge in [0.1, 0.15) is 5.69 Å². The van der Waals surface area contributed by atoms with E-state index in [-0.39, 0.29) is 4.90 Å². The van der Waals surface area contributed by atoms with Crippen LogP contribution in [0.15, 0.2) is 39.8 Å². The summed E-state index contributed by atoms with van der Waals surface area (Å²) in [6.45, 7) is 7.08. The number of piperidine rings is 1. The number of nitrogens with zero attached hydrogens (tertiary/aromatic N) is 4. The Morgan fingerprint density at radius 2 is 1.84 bits per heavy atom. The molecule has 2 aromatic heterocycles. The van der Waals surface area contributed by atoms with Gasteiger partial charge in [0.15, 0.2) is 9.84 Å². The lowest BCUT2D eigenvalue weighted by molar-refractivity contribution is 0.464. The van der Waals surface area contributed by atoms with Crippen molar-refractivity contribution >= 4 is 15.9 Å². The monoisotopic (exact) mass is 442 g/mol. The number of rotatable bonds is 6.